The Bertz CT molecular complexity index is 1060. The lowest BCUT2D eigenvalue weighted by Crippen LogP contribution is -2.62. The van der Waals surface area contributed by atoms with Crippen LogP contribution in [-0.4, -0.2) is 45.3 Å². The van der Waals surface area contributed by atoms with Crippen molar-refractivity contribution in [2.45, 2.75) is 57.8 Å². The number of carbonyl (C=O) groups is 2. The summed E-state index contributed by atoms with van der Waals surface area (Å²) in [5, 5.41) is 28.1. The van der Waals surface area contributed by atoms with Gasteiger partial charge in [-0.05, 0) is 59.6 Å². The summed E-state index contributed by atoms with van der Waals surface area (Å²) in [4.78, 5) is 31.4. The topological polar surface area (TPSA) is 87.1 Å². The number of carboxylic acid groups (broad SMARTS) is 1. The summed E-state index contributed by atoms with van der Waals surface area (Å²) in [5.74, 6) is -0.594. The third kappa shape index (κ3) is 2.76. The summed E-state index contributed by atoms with van der Waals surface area (Å²) in [6.45, 7) is 5.36. The van der Waals surface area contributed by atoms with Crippen LogP contribution in [0.4, 0.5) is 0 Å². The number of allylic oxidation sites excluding steroid dienone is 4. The molecule has 2 saturated carbocycles. The predicted octanol–water partition coefficient (Wildman–Crippen LogP) is 3.82. The molecular weight excluding hydrogens is 438 g/mol. The van der Waals surface area contributed by atoms with Crippen LogP contribution >= 0.6 is 11.3 Å². The number of carbonyl (C=O) groups excluding carboxylic acids is 1. The van der Waals surface area contributed by atoms with Crippen molar-refractivity contribution in [2.75, 3.05) is 6.54 Å². The highest BCUT2D eigenvalue weighted by Gasteiger charge is 2.75. The molecule has 5 aliphatic rings. The normalized spacial score (nSPS) is 46.3. The summed E-state index contributed by atoms with van der Waals surface area (Å²) in [6.07, 6.45) is 7.63. The Morgan fingerprint density at radius 1 is 1.36 bits per heavy atom. The first-order valence-electron chi connectivity index (χ1n) is 12.0. The zero-order valence-corrected chi connectivity index (χ0v) is 19.9. The van der Waals surface area contributed by atoms with E-state index in [4.69, 9.17) is 4.84 Å². The highest BCUT2D eigenvalue weighted by molar-refractivity contribution is 7.07. The lowest BCUT2D eigenvalue weighted by atomic mass is 9.47. The van der Waals surface area contributed by atoms with Crippen molar-refractivity contribution in [2.24, 2.45) is 34.5 Å². The number of rotatable bonds is 3. The number of thiophene rings is 1. The summed E-state index contributed by atoms with van der Waals surface area (Å²) < 4.78 is 0. The first-order chi connectivity index (χ1) is 15.7. The van der Waals surface area contributed by atoms with E-state index in [9.17, 15) is 19.8 Å². The highest BCUT2D eigenvalue weighted by atomic mass is 32.1. The molecule has 2 heterocycles. The molecule has 0 bridgehead atoms. The summed E-state index contributed by atoms with van der Waals surface area (Å²) >= 11 is 1.62. The lowest BCUT2D eigenvalue weighted by molar-refractivity contribution is -0.261. The Morgan fingerprint density at radius 2 is 2.18 bits per heavy atom. The second-order valence-electron chi connectivity index (χ2n) is 11.2. The molecule has 4 aliphatic carbocycles. The van der Waals surface area contributed by atoms with Gasteiger partial charge in [-0.25, -0.2) is 4.79 Å². The number of aliphatic carboxylic acids is 1. The van der Waals surface area contributed by atoms with E-state index in [2.05, 4.69) is 18.4 Å². The van der Waals surface area contributed by atoms with Gasteiger partial charge in [0.05, 0.1) is 6.10 Å². The predicted molar refractivity (Wildman–Crippen MR) is 123 cm³/mol. The van der Waals surface area contributed by atoms with Crippen molar-refractivity contribution >= 4 is 23.1 Å². The lowest BCUT2D eigenvalue weighted by Gasteiger charge is -2.58. The van der Waals surface area contributed by atoms with E-state index < -0.39 is 23.1 Å². The molecule has 0 unspecified atom stereocenters. The minimum atomic E-state index is -1.32. The van der Waals surface area contributed by atoms with Crippen LogP contribution in [-0.2, 0) is 21.0 Å². The number of aliphatic hydroxyl groups is 1. The molecule has 6 nitrogen and oxygen atoms in total. The molecule has 33 heavy (non-hydrogen) atoms. The van der Waals surface area contributed by atoms with Gasteiger partial charge in [0, 0.05) is 42.2 Å². The molecule has 6 rings (SSSR count). The smallest absolute Gasteiger partial charge is 0.339 e. The molecule has 0 radical (unpaired) electrons. The number of fused-ring (bicyclic) bond motifs is 7. The molecule has 1 aliphatic heterocycles. The zero-order valence-electron chi connectivity index (χ0n) is 19.1. The van der Waals surface area contributed by atoms with E-state index in [-0.39, 0.29) is 34.9 Å². The van der Waals surface area contributed by atoms with Crippen LogP contribution in [0.1, 0.15) is 45.1 Å². The number of ketones is 1. The van der Waals surface area contributed by atoms with Gasteiger partial charge in [0.2, 0.25) is 0 Å². The van der Waals surface area contributed by atoms with E-state index >= 15 is 0 Å². The van der Waals surface area contributed by atoms with Gasteiger partial charge in [-0.2, -0.15) is 16.4 Å². The fourth-order valence-corrected chi connectivity index (χ4v) is 9.05. The van der Waals surface area contributed by atoms with Gasteiger partial charge in [-0.15, -0.1) is 0 Å². The molecule has 3 fully saturated rings. The first kappa shape index (κ1) is 21.7. The van der Waals surface area contributed by atoms with Gasteiger partial charge < -0.3 is 10.2 Å². The number of hydroxylamine groups is 2. The van der Waals surface area contributed by atoms with Gasteiger partial charge >= 0.3 is 5.97 Å². The van der Waals surface area contributed by atoms with Crippen LogP contribution in [0, 0.1) is 34.5 Å². The van der Waals surface area contributed by atoms with Crippen molar-refractivity contribution < 1.29 is 24.6 Å². The Labute approximate surface area is 197 Å². The maximum absolute atomic E-state index is 12.9. The Balaban J connectivity index is 1.36. The Morgan fingerprint density at radius 3 is 2.91 bits per heavy atom. The average Bonchev–Trinajstić information content (AvgIpc) is 3.44. The molecule has 0 spiro atoms. The number of hydrogen-bond donors (Lipinski definition) is 2. The third-order valence-corrected chi connectivity index (χ3v) is 10.5. The molecular formula is C26H31NO5S. The number of nitrogens with zero attached hydrogens (tertiary/aromatic N) is 1. The Kier molecular flexibility index (Phi) is 4.68. The van der Waals surface area contributed by atoms with E-state index in [1.54, 1.807) is 17.4 Å². The van der Waals surface area contributed by atoms with Gasteiger partial charge in [0.25, 0.3) is 0 Å². The molecule has 0 amide bonds. The van der Waals surface area contributed by atoms with Crippen LogP contribution in [0.15, 0.2) is 40.6 Å². The minimum absolute atomic E-state index is 0.00786. The van der Waals surface area contributed by atoms with E-state index in [0.29, 0.717) is 25.9 Å². The minimum Gasteiger partial charge on any atom is -0.479 e. The van der Waals surface area contributed by atoms with Gasteiger partial charge in [-0.3, -0.25) is 9.63 Å². The van der Waals surface area contributed by atoms with Crippen LogP contribution in [0.25, 0.3) is 0 Å². The molecule has 176 valence electrons. The maximum Gasteiger partial charge on any atom is 0.339 e. The summed E-state index contributed by atoms with van der Waals surface area (Å²) in [5.41, 5.74) is -0.0882. The molecule has 1 aromatic rings. The van der Waals surface area contributed by atoms with Crippen molar-refractivity contribution in [1.82, 2.24) is 5.06 Å². The van der Waals surface area contributed by atoms with Gasteiger partial charge in [0.15, 0.2) is 11.4 Å². The van der Waals surface area contributed by atoms with Crippen molar-refractivity contribution in [3.63, 3.8) is 0 Å². The molecule has 1 saturated heterocycles. The van der Waals surface area contributed by atoms with Crippen LogP contribution in [0.3, 0.4) is 0 Å². The molecule has 2 N–H and O–H groups in total. The number of aliphatic hydroxyl groups excluding tert-OH is 1. The van der Waals surface area contributed by atoms with Gasteiger partial charge in [-0.1, -0.05) is 31.6 Å². The zero-order chi connectivity index (χ0) is 23.2. The second-order valence-corrected chi connectivity index (χ2v) is 12.0. The molecule has 8 atom stereocenters. The fourth-order valence-electron chi connectivity index (χ4n) is 8.39. The molecule has 7 heteroatoms. The maximum atomic E-state index is 12.9. The summed E-state index contributed by atoms with van der Waals surface area (Å²) in [7, 11) is 0. The highest BCUT2D eigenvalue weighted by Crippen LogP contribution is 2.70. The molecule has 1 aromatic heterocycles. The average molecular weight is 470 g/mol. The van der Waals surface area contributed by atoms with E-state index in [1.807, 2.05) is 29.5 Å². The largest absolute Gasteiger partial charge is 0.479 e. The van der Waals surface area contributed by atoms with Gasteiger partial charge in [0.1, 0.15) is 0 Å². The van der Waals surface area contributed by atoms with Crippen LogP contribution in [0.5, 0.6) is 0 Å². The van der Waals surface area contributed by atoms with E-state index in [0.717, 1.165) is 24.0 Å². The van der Waals surface area contributed by atoms with Crippen molar-refractivity contribution in [3.8, 4) is 0 Å². The van der Waals surface area contributed by atoms with Crippen molar-refractivity contribution in [3.05, 3.63) is 46.2 Å². The third-order valence-electron chi connectivity index (χ3n) is 9.76. The summed E-state index contributed by atoms with van der Waals surface area (Å²) in [6, 6.07) is 2.05. The second kappa shape index (κ2) is 7.11. The Hall–Kier alpha value is -1.80. The monoisotopic (exact) mass is 469 g/mol. The molecule has 0 aromatic carbocycles. The van der Waals surface area contributed by atoms with E-state index in [1.165, 1.54) is 0 Å². The standard InChI is InChI=1S/C26H31NO5S/c1-24-7-5-18(28)9-16(24)3-4-19-20-10-17-13-27(12-15-6-8-33-14-15)32-26(17,23(30)31)25(20,2)11-21(29)22(19)24/h3,5-8,14,17,19-22,29H,4,9-13H2,1-2H3,(H,30,31)/t17-,19-,20-,21-,22+,24-,25-,26-/m0/s1. The number of hydrogen-bond acceptors (Lipinski definition) is 6. The van der Waals surface area contributed by atoms with Crippen LogP contribution in [0.2, 0.25) is 0 Å². The quantitative estimate of drug-likeness (QED) is 0.655. The number of carboxylic acids is 1. The fraction of sp³-hybridized carbons (Fsp3) is 0.615. The van der Waals surface area contributed by atoms with Crippen LogP contribution < -0.4 is 0 Å². The first-order valence-corrected chi connectivity index (χ1v) is 12.9. The van der Waals surface area contributed by atoms with Crippen molar-refractivity contribution in [1.29, 1.82) is 0 Å². The SMILES string of the molecule is C[C@]12C=CC(=O)CC1=CC[C@@H]1[C@@H]2[C@@H](O)C[C@@]2(C)[C@H]1C[C@H]1CN(Cc3ccsc3)O[C@]12C(=O)O.